The van der Waals surface area contributed by atoms with Crippen LogP contribution in [0.15, 0.2) is 48.5 Å². The minimum atomic E-state index is -0.510. The fourth-order valence-electron chi connectivity index (χ4n) is 2.11. The van der Waals surface area contributed by atoms with E-state index in [9.17, 15) is 4.79 Å². The van der Waals surface area contributed by atoms with E-state index in [1.807, 2.05) is 62.4 Å². The number of carbonyl (C=O) groups is 1. The van der Waals surface area contributed by atoms with Gasteiger partial charge in [0.2, 0.25) is 0 Å². The number of ether oxygens (including phenoxy) is 1. The third-order valence-corrected chi connectivity index (χ3v) is 3.71. The molecule has 0 spiro atoms. The van der Waals surface area contributed by atoms with Crippen molar-refractivity contribution in [2.24, 2.45) is 0 Å². The Bertz CT molecular complexity index is 642. The van der Waals surface area contributed by atoms with Crippen molar-refractivity contribution in [3.05, 3.63) is 64.7 Å². The Labute approximate surface area is 136 Å². The molecule has 0 aromatic heterocycles. The predicted molar refractivity (Wildman–Crippen MR) is 89.2 cm³/mol. The van der Waals surface area contributed by atoms with E-state index in [0.29, 0.717) is 23.7 Å². The van der Waals surface area contributed by atoms with Crippen LogP contribution in [0.1, 0.15) is 24.5 Å². The smallest absolute Gasteiger partial charge is 0.261 e. The molecule has 2 rings (SSSR count). The average Bonchev–Trinajstić information content (AvgIpc) is 2.51. The predicted octanol–water partition coefficient (Wildman–Crippen LogP) is 4.12. The van der Waals surface area contributed by atoms with Gasteiger partial charge in [0.15, 0.2) is 6.10 Å². The fraction of sp³-hybridized carbons (Fsp3) is 0.278. The fourth-order valence-corrected chi connectivity index (χ4v) is 2.32. The molecule has 22 heavy (non-hydrogen) atoms. The van der Waals surface area contributed by atoms with Crippen LogP contribution in [0.3, 0.4) is 0 Å². The molecule has 0 aliphatic rings. The van der Waals surface area contributed by atoms with Gasteiger partial charge >= 0.3 is 0 Å². The number of carbonyl (C=O) groups excluding carboxylic acids is 1. The molecule has 0 unspecified atom stereocenters. The van der Waals surface area contributed by atoms with Gasteiger partial charge in [-0.1, -0.05) is 48.9 Å². The second kappa shape index (κ2) is 7.85. The molecule has 1 atom stereocenters. The lowest BCUT2D eigenvalue weighted by Gasteiger charge is -2.18. The van der Waals surface area contributed by atoms with E-state index in [4.69, 9.17) is 16.3 Å². The first-order valence-corrected chi connectivity index (χ1v) is 7.72. The molecule has 2 aromatic rings. The summed E-state index contributed by atoms with van der Waals surface area (Å²) in [4.78, 5) is 12.3. The van der Waals surface area contributed by atoms with Crippen LogP contribution in [0.5, 0.6) is 5.75 Å². The minimum absolute atomic E-state index is 0.135. The van der Waals surface area contributed by atoms with Gasteiger partial charge in [-0.2, -0.15) is 0 Å². The van der Waals surface area contributed by atoms with Gasteiger partial charge in [0.05, 0.1) is 0 Å². The first kappa shape index (κ1) is 16.4. The van der Waals surface area contributed by atoms with Crippen molar-refractivity contribution in [3.63, 3.8) is 0 Å². The molecule has 0 aliphatic carbocycles. The number of amides is 1. The van der Waals surface area contributed by atoms with Crippen molar-refractivity contribution in [1.29, 1.82) is 0 Å². The lowest BCUT2D eigenvalue weighted by Crippen LogP contribution is -2.37. The maximum Gasteiger partial charge on any atom is 0.261 e. The molecule has 4 heteroatoms. The molecule has 1 N–H and O–H groups in total. The Hall–Kier alpha value is -2.00. The van der Waals surface area contributed by atoms with Crippen molar-refractivity contribution in [1.82, 2.24) is 5.32 Å². The van der Waals surface area contributed by atoms with Crippen LogP contribution < -0.4 is 10.1 Å². The monoisotopic (exact) mass is 317 g/mol. The van der Waals surface area contributed by atoms with Crippen LogP contribution in [0.4, 0.5) is 0 Å². The van der Waals surface area contributed by atoms with Crippen molar-refractivity contribution in [3.8, 4) is 5.75 Å². The lowest BCUT2D eigenvalue weighted by molar-refractivity contribution is -0.128. The van der Waals surface area contributed by atoms with E-state index in [1.165, 1.54) is 0 Å². The second-order valence-corrected chi connectivity index (χ2v) is 5.55. The molecule has 0 saturated carbocycles. The highest BCUT2D eigenvalue weighted by atomic mass is 35.5. The standard InChI is InChI=1S/C18H20ClNO2/c1-3-17(22-15-9-6-7-13(2)11-15)18(21)20-12-14-8-4-5-10-16(14)19/h4-11,17H,3,12H2,1-2H3,(H,20,21)/t17-/m1/s1. The number of benzene rings is 2. The zero-order chi connectivity index (χ0) is 15.9. The van der Waals surface area contributed by atoms with E-state index >= 15 is 0 Å². The summed E-state index contributed by atoms with van der Waals surface area (Å²) in [6.45, 7) is 4.31. The molecule has 2 aromatic carbocycles. The Kier molecular flexibility index (Phi) is 5.84. The highest BCUT2D eigenvalue weighted by molar-refractivity contribution is 6.31. The zero-order valence-electron chi connectivity index (χ0n) is 12.8. The summed E-state index contributed by atoms with van der Waals surface area (Å²) >= 11 is 6.09. The van der Waals surface area contributed by atoms with Gasteiger partial charge in [0.25, 0.3) is 5.91 Å². The largest absolute Gasteiger partial charge is 0.481 e. The van der Waals surface area contributed by atoms with Gasteiger partial charge in [0.1, 0.15) is 5.75 Å². The zero-order valence-corrected chi connectivity index (χ0v) is 13.6. The summed E-state index contributed by atoms with van der Waals surface area (Å²) < 4.78 is 5.78. The SMILES string of the molecule is CC[C@@H](Oc1cccc(C)c1)C(=O)NCc1ccccc1Cl. The first-order valence-electron chi connectivity index (χ1n) is 7.34. The van der Waals surface area contributed by atoms with Gasteiger partial charge in [0, 0.05) is 11.6 Å². The average molecular weight is 318 g/mol. The number of nitrogens with one attached hydrogen (secondary N) is 1. The Balaban J connectivity index is 1.96. The summed E-state index contributed by atoms with van der Waals surface area (Å²) in [6, 6.07) is 15.1. The number of rotatable bonds is 6. The van der Waals surface area contributed by atoms with Crippen LogP contribution in [0, 0.1) is 6.92 Å². The molecule has 0 bridgehead atoms. The van der Waals surface area contributed by atoms with Crippen LogP contribution in [-0.4, -0.2) is 12.0 Å². The highest BCUT2D eigenvalue weighted by Crippen LogP contribution is 2.17. The third-order valence-electron chi connectivity index (χ3n) is 3.34. The van der Waals surface area contributed by atoms with Crippen molar-refractivity contribution < 1.29 is 9.53 Å². The van der Waals surface area contributed by atoms with Gasteiger partial charge in [-0.25, -0.2) is 0 Å². The maximum absolute atomic E-state index is 12.3. The lowest BCUT2D eigenvalue weighted by atomic mass is 10.2. The van der Waals surface area contributed by atoms with Crippen LogP contribution >= 0.6 is 11.6 Å². The molecule has 0 radical (unpaired) electrons. The van der Waals surface area contributed by atoms with Gasteiger partial charge in [-0.3, -0.25) is 4.79 Å². The van der Waals surface area contributed by atoms with Crippen LogP contribution in [0.25, 0.3) is 0 Å². The summed E-state index contributed by atoms with van der Waals surface area (Å²) in [5.74, 6) is 0.573. The second-order valence-electron chi connectivity index (χ2n) is 5.14. The van der Waals surface area contributed by atoms with E-state index in [-0.39, 0.29) is 5.91 Å². The molecule has 116 valence electrons. The van der Waals surface area contributed by atoms with E-state index in [0.717, 1.165) is 11.1 Å². The van der Waals surface area contributed by atoms with Gasteiger partial charge in [-0.05, 0) is 42.7 Å². The van der Waals surface area contributed by atoms with Gasteiger partial charge < -0.3 is 10.1 Å². The Morgan fingerprint density at radius 1 is 1.23 bits per heavy atom. The Morgan fingerprint density at radius 2 is 2.00 bits per heavy atom. The van der Waals surface area contributed by atoms with Crippen molar-refractivity contribution >= 4 is 17.5 Å². The minimum Gasteiger partial charge on any atom is -0.481 e. The van der Waals surface area contributed by atoms with Crippen LogP contribution in [0.2, 0.25) is 5.02 Å². The molecular weight excluding hydrogens is 298 g/mol. The summed E-state index contributed by atoms with van der Waals surface area (Å²) in [5.41, 5.74) is 1.99. The quantitative estimate of drug-likeness (QED) is 0.870. The number of halogens is 1. The number of hydrogen-bond donors (Lipinski definition) is 1. The molecule has 0 saturated heterocycles. The number of hydrogen-bond acceptors (Lipinski definition) is 2. The normalized spacial score (nSPS) is 11.8. The van der Waals surface area contributed by atoms with Crippen LogP contribution in [-0.2, 0) is 11.3 Å². The first-order chi connectivity index (χ1) is 10.6. The molecule has 3 nitrogen and oxygen atoms in total. The highest BCUT2D eigenvalue weighted by Gasteiger charge is 2.18. The Morgan fingerprint density at radius 3 is 2.68 bits per heavy atom. The molecular formula is C18H20ClNO2. The molecule has 1 amide bonds. The molecule has 0 heterocycles. The summed E-state index contributed by atoms with van der Waals surface area (Å²) in [5, 5.41) is 3.53. The third kappa shape index (κ3) is 4.50. The van der Waals surface area contributed by atoms with E-state index in [2.05, 4.69) is 5.32 Å². The van der Waals surface area contributed by atoms with Gasteiger partial charge in [-0.15, -0.1) is 0 Å². The summed E-state index contributed by atoms with van der Waals surface area (Å²) in [7, 11) is 0. The molecule has 0 fully saturated rings. The summed E-state index contributed by atoms with van der Waals surface area (Å²) in [6.07, 6.45) is 0.0896. The molecule has 0 aliphatic heterocycles. The van der Waals surface area contributed by atoms with E-state index < -0.39 is 6.10 Å². The maximum atomic E-state index is 12.3. The van der Waals surface area contributed by atoms with Crippen molar-refractivity contribution in [2.45, 2.75) is 32.9 Å². The topological polar surface area (TPSA) is 38.3 Å². The number of aryl methyl sites for hydroxylation is 1. The van der Waals surface area contributed by atoms with Crippen molar-refractivity contribution in [2.75, 3.05) is 0 Å². The van der Waals surface area contributed by atoms with E-state index in [1.54, 1.807) is 0 Å².